The number of sulfone groups is 1. The molecule has 0 aliphatic carbocycles. The first-order valence-corrected chi connectivity index (χ1v) is 9.58. The smallest absolute Gasteiger partial charge is 0.243 e. The van der Waals surface area contributed by atoms with Gasteiger partial charge in [-0.05, 0) is 31.2 Å². The highest BCUT2D eigenvalue weighted by Crippen LogP contribution is 2.19. The van der Waals surface area contributed by atoms with Crippen LogP contribution in [0.15, 0.2) is 34.1 Å². The molecule has 1 N–H and O–H groups in total. The van der Waals surface area contributed by atoms with Crippen molar-refractivity contribution in [1.82, 2.24) is 9.62 Å². The van der Waals surface area contributed by atoms with Gasteiger partial charge in [-0.15, -0.1) is 12.4 Å². The van der Waals surface area contributed by atoms with Crippen LogP contribution in [0.5, 0.6) is 0 Å². The van der Waals surface area contributed by atoms with Crippen molar-refractivity contribution in [3.05, 3.63) is 24.3 Å². The molecule has 1 aromatic carbocycles. The topological polar surface area (TPSA) is 83.6 Å². The van der Waals surface area contributed by atoms with Crippen molar-refractivity contribution in [3.63, 3.8) is 0 Å². The first-order valence-electron chi connectivity index (χ1n) is 6.25. The van der Waals surface area contributed by atoms with Crippen molar-refractivity contribution in [2.45, 2.75) is 22.8 Å². The van der Waals surface area contributed by atoms with Gasteiger partial charge in [-0.1, -0.05) is 0 Å². The fourth-order valence-electron chi connectivity index (χ4n) is 2.12. The average Bonchev–Trinajstić information content (AvgIpc) is 2.38. The minimum absolute atomic E-state index is 0. The molecule has 9 heteroatoms. The van der Waals surface area contributed by atoms with E-state index in [1.807, 2.05) is 6.92 Å². The van der Waals surface area contributed by atoms with Crippen LogP contribution in [-0.2, 0) is 19.9 Å². The zero-order valence-electron chi connectivity index (χ0n) is 11.8. The molecule has 0 saturated carbocycles. The van der Waals surface area contributed by atoms with Crippen molar-refractivity contribution in [2.24, 2.45) is 0 Å². The number of hydrogen-bond donors (Lipinski definition) is 1. The molecule has 1 aromatic rings. The Balaban J connectivity index is 0.00000220. The zero-order chi connectivity index (χ0) is 15.0. The standard InChI is InChI=1S/C12H18N2O4S2.ClH/c1-10-9-14(8-7-13-10)20(17,18)12-5-3-11(4-6-12)19(2,15)16;/h3-6,10,13H,7-9H2,1-2H3;1H/t10-;/m0./s1. The van der Waals surface area contributed by atoms with Gasteiger partial charge < -0.3 is 5.32 Å². The Bertz CT molecular complexity index is 686. The summed E-state index contributed by atoms with van der Waals surface area (Å²) in [6, 6.07) is 5.45. The second-order valence-electron chi connectivity index (χ2n) is 4.96. The molecule has 1 aliphatic heterocycles. The van der Waals surface area contributed by atoms with Crippen LogP contribution >= 0.6 is 12.4 Å². The number of sulfonamides is 1. The highest BCUT2D eigenvalue weighted by molar-refractivity contribution is 7.90. The molecule has 1 saturated heterocycles. The van der Waals surface area contributed by atoms with Gasteiger partial charge in [0.05, 0.1) is 9.79 Å². The molecule has 0 radical (unpaired) electrons. The van der Waals surface area contributed by atoms with Crippen LogP contribution < -0.4 is 5.32 Å². The Morgan fingerprint density at radius 2 is 1.62 bits per heavy atom. The van der Waals surface area contributed by atoms with E-state index in [1.165, 1.54) is 28.6 Å². The molecular weight excluding hydrogens is 336 g/mol. The molecule has 0 bridgehead atoms. The summed E-state index contributed by atoms with van der Waals surface area (Å²) < 4.78 is 49.0. The average molecular weight is 355 g/mol. The Morgan fingerprint density at radius 1 is 1.10 bits per heavy atom. The minimum atomic E-state index is -3.56. The van der Waals surface area contributed by atoms with Crippen LogP contribution in [0.4, 0.5) is 0 Å². The van der Waals surface area contributed by atoms with Gasteiger partial charge in [0.2, 0.25) is 10.0 Å². The number of halogens is 1. The van der Waals surface area contributed by atoms with Gasteiger partial charge in [0.25, 0.3) is 0 Å². The minimum Gasteiger partial charge on any atom is -0.312 e. The van der Waals surface area contributed by atoms with E-state index < -0.39 is 19.9 Å². The quantitative estimate of drug-likeness (QED) is 0.854. The summed E-state index contributed by atoms with van der Waals surface area (Å²) in [5.74, 6) is 0. The summed E-state index contributed by atoms with van der Waals surface area (Å²) in [6.45, 7) is 3.37. The van der Waals surface area contributed by atoms with Gasteiger partial charge in [-0.3, -0.25) is 0 Å². The van der Waals surface area contributed by atoms with E-state index in [9.17, 15) is 16.8 Å². The number of benzene rings is 1. The predicted octanol–water partition coefficient (Wildman–Crippen LogP) is 0.494. The van der Waals surface area contributed by atoms with E-state index in [1.54, 1.807) is 0 Å². The van der Waals surface area contributed by atoms with Crippen LogP contribution in [0.25, 0.3) is 0 Å². The third-order valence-corrected chi connectivity index (χ3v) is 6.23. The molecule has 1 fully saturated rings. The van der Waals surface area contributed by atoms with Crippen molar-refractivity contribution in [3.8, 4) is 0 Å². The largest absolute Gasteiger partial charge is 0.312 e. The van der Waals surface area contributed by atoms with Crippen molar-refractivity contribution in [2.75, 3.05) is 25.9 Å². The van der Waals surface area contributed by atoms with Gasteiger partial charge in [0, 0.05) is 31.9 Å². The second kappa shape index (κ2) is 6.62. The Labute approximate surface area is 131 Å². The number of piperazine rings is 1. The van der Waals surface area contributed by atoms with E-state index >= 15 is 0 Å². The van der Waals surface area contributed by atoms with Crippen molar-refractivity contribution >= 4 is 32.3 Å². The maximum atomic E-state index is 12.4. The Morgan fingerprint density at radius 3 is 2.10 bits per heavy atom. The summed E-state index contributed by atoms with van der Waals surface area (Å²) >= 11 is 0. The van der Waals surface area contributed by atoms with Crippen LogP contribution in [0.3, 0.4) is 0 Å². The fourth-order valence-corrected chi connectivity index (χ4v) is 4.28. The summed E-state index contributed by atoms with van der Waals surface area (Å²) in [6.07, 6.45) is 1.09. The molecule has 0 aromatic heterocycles. The summed E-state index contributed by atoms with van der Waals surface area (Å²) in [5.41, 5.74) is 0. The summed E-state index contributed by atoms with van der Waals surface area (Å²) in [7, 11) is -6.88. The maximum Gasteiger partial charge on any atom is 0.243 e. The number of hydrogen-bond acceptors (Lipinski definition) is 5. The van der Waals surface area contributed by atoms with Crippen molar-refractivity contribution in [1.29, 1.82) is 0 Å². The summed E-state index contributed by atoms with van der Waals surface area (Å²) in [5, 5.41) is 3.18. The first kappa shape index (κ1) is 18.4. The first-order chi connectivity index (χ1) is 9.21. The third kappa shape index (κ3) is 4.17. The van der Waals surface area contributed by atoms with E-state index in [0.717, 1.165) is 6.26 Å². The maximum absolute atomic E-state index is 12.4. The highest BCUT2D eigenvalue weighted by atomic mass is 35.5. The van der Waals surface area contributed by atoms with E-state index in [0.29, 0.717) is 19.6 Å². The number of nitrogens with zero attached hydrogens (tertiary/aromatic N) is 1. The predicted molar refractivity (Wildman–Crippen MR) is 83.0 cm³/mol. The third-order valence-electron chi connectivity index (χ3n) is 3.22. The van der Waals surface area contributed by atoms with Gasteiger partial charge in [-0.2, -0.15) is 4.31 Å². The molecule has 6 nitrogen and oxygen atoms in total. The normalized spacial score (nSPS) is 20.8. The summed E-state index contributed by atoms with van der Waals surface area (Å²) in [4.78, 5) is 0.240. The number of rotatable bonds is 3. The Hall–Kier alpha value is -0.670. The lowest BCUT2D eigenvalue weighted by atomic mass is 10.3. The molecule has 21 heavy (non-hydrogen) atoms. The molecule has 0 spiro atoms. The molecule has 2 rings (SSSR count). The Kier molecular flexibility index (Phi) is 5.79. The monoisotopic (exact) mass is 354 g/mol. The second-order valence-corrected chi connectivity index (χ2v) is 8.92. The molecule has 0 unspecified atom stereocenters. The van der Waals surface area contributed by atoms with E-state index in [-0.39, 0.29) is 28.2 Å². The molecular formula is C12H19ClN2O4S2. The van der Waals surface area contributed by atoms with E-state index in [4.69, 9.17) is 0 Å². The van der Waals surface area contributed by atoms with Gasteiger partial charge in [0.1, 0.15) is 0 Å². The van der Waals surface area contributed by atoms with E-state index in [2.05, 4.69) is 5.32 Å². The molecule has 1 aliphatic rings. The SMILES string of the molecule is C[C@H]1CN(S(=O)(=O)c2ccc(S(C)(=O)=O)cc2)CCN1.Cl. The lowest BCUT2D eigenvalue weighted by Gasteiger charge is -2.31. The van der Waals surface area contributed by atoms with Crippen LogP contribution in [0.1, 0.15) is 6.92 Å². The van der Waals surface area contributed by atoms with Crippen LogP contribution in [0, 0.1) is 0 Å². The lowest BCUT2D eigenvalue weighted by Crippen LogP contribution is -2.51. The molecule has 1 heterocycles. The number of nitrogens with one attached hydrogen (secondary N) is 1. The lowest BCUT2D eigenvalue weighted by molar-refractivity contribution is 0.310. The van der Waals surface area contributed by atoms with Crippen molar-refractivity contribution < 1.29 is 16.8 Å². The van der Waals surface area contributed by atoms with Gasteiger partial charge in [-0.25, -0.2) is 16.8 Å². The van der Waals surface area contributed by atoms with Gasteiger partial charge in [0.15, 0.2) is 9.84 Å². The highest BCUT2D eigenvalue weighted by Gasteiger charge is 2.28. The molecule has 0 amide bonds. The molecule has 1 atom stereocenters. The fraction of sp³-hybridized carbons (Fsp3) is 0.500. The van der Waals surface area contributed by atoms with Crippen LogP contribution in [-0.4, -0.2) is 53.1 Å². The van der Waals surface area contributed by atoms with Crippen LogP contribution in [0.2, 0.25) is 0 Å². The zero-order valence-corrected chi connectivity index (χ0v) is 14.3. The van der Waals surface area contributed by atoms with Gasteiger partial charge >= 0.3 is 0 Å². The molecule has 120 valence electrons.